The van der Waals surface area contributed by atoms with Crippen LogP contribution in [-0.2, 0) is 6.54 Å². The number of benzene rings is 1. The van der Waals surface area contributed by atoms with Crippen LogP contribution in [-0.4, -0.2) is 32.8 Å². The van der Waals surface area contributed by atoms with Crippen LogP contribution in [0, 0.1) is 0 Å². The Bertz CT molecular complexity index is 842. The minimum Gasteiger partial charge on any atom is -0.332 e. The minimum absolute atomic E-state index is 0.0396. The van der Waals surface area contributed by atoms with Crippen LogP contribution < -0.4 is 5.56 Å². The molecule has 3 rings (SSSR count). The van der Waals surface area contributed by atoms with Crippen molar-refractivity contribution in [2.24, 2.45) is 0 Å². The molecule has 0 saturated heterocycles. The van der Waals surface area contributed by atoms with Gasteiger partial charge in [-0.05, 0) is 12.1 Å². The van der Waals surface area contributed by atoms with E-state index >= 15 is 0 Å². The molecule has 2 heterocycles. The van der Waals surface area contributed by atoms with Crippen LogP contribution in [0.2, 0.25) is 0 Å². The third-order valence-corrected chi connectivity index (χ3v) is 3.78. The van der Waals surface area contributed by atoms with Gasteiger partial charge in [-0.15, -0.1) is 11.3 Å². The van der Waals surface area contributed by atoms with E-state index < -0.39 is 0 Å². The Hall–Kier alpha value is -2.54. The molecule has 106 valence electrons. The van der Waals surface area contributed by atoms with E-state index in [9.17, 15) is 9.59 Å². The summed E-state index contributed by atoms with van der Waals surface area (Å²) in [5.41, 5.74) is 0.193. The number of para-hydroxylation sites is 1. The van der Waals surface area contributed by atoms with E-state index in [1.165, 1.54) is 16.2 Å². The molecule has 0 fully saturated rings. The van der Waals surface area contributed by atoms with Gasteiger partial charge < -0.3 is 9.88 Å². The van der Waals surface area contributed by atoms with Crippen LogP contribution in [0.1, 0.15) is 15.6 Å². The van der Waals surface area contributed by atoms with Gasteiger partial charge in [0.05, 0.1) is 17.4 Å². The summed E-state index contributed by atoms with van der Waals surface area (Å²) in [5.74, 6) is -0.300. The first-order valence-electron chi connectivity index (χ1n) is 6.28. The summed E-state index contributed by atoms with van der Waals surface area (Å²) in [7, 11) is 1.65. The standard InChI is InChI=1S/C14H12N4O2S/c1-18(8-11-15-6-7-21-11)14(20)12-16-10-5-3-2-4-9(10)13(19)17-12/h2-7H,8H2,1H3,(H,16,17,19). The second-order valence-corrected chi connectivity index (χ2v) is 5.50. The Balaban J connectivity index is 1.92. The molecule has 0 aliphatic heterocycles. The van der Waals surface area contributed by atoms with Gasteiger partial charge >= 0.3 is 0 Å². The molecular weight excluding hydrogens is 288 g/mol. The largest absolute Gasteiger partial charge is 0.332 e. The molecule has 6 nitrogen and oxygen atoms in total. The molecule has 3 aromatic rings. The number of nitrogens with zero attached hydrogens (tertiary/aromatic N) is 3. The number of fused-ring (bicyclic) bond motifs is 1. The summed E-state index contributed by atoms with van der Waals surface area (Å²) in [5, 5.41) is 3.15. The molecule has 1 N–H and O–H groups in total. The van der Waals surface area contributed by atoms with Gasteiger partial charge in [-0.3, -0.25) is 9.59 Å². The highest BCUT2D eigenvalue weighted by molar-refractivity contribution is 7.09. The van der Waals surface area contributed by atoms with Crippen molar-refractivity contribution in [1.82, 2.24) is 19.9 Å². The van der Waals surface area contributed by atoms with Gasteiger partial charge in [-0.25, -0.2) is 9.97 Å². The molecule has 21 heavy (non-hydrogen) atoms. The van der Waals surface area contributed by atoms with E-state index in [0.29, 0.717) is 17.4 Å². The molecule has 2 aromatic heterocycles. The van der Waals surface area contributed by atoms with Gasteiger partial charge in [0.2, 0.25) is 0 Å². The Morgan fingerprint density at radius 3 is 2.95 bits per heavy atom. The molecule has 0 bridgehead atoms. The third kappa shape index (κ3) is 2.68. The summed E-state index contributed by atoms with van der Waals surface area (Å²) >= 11 is 1.47. The highest BCUT2D eigenvalue weighted by Gasteiger charge is 2.16. The lowest BCUT2D eigenvalue weighted by atomic mass is 10.2. The quantitative estimate of drug-likeness (QED) is 0.797. The zero-order valence-corrected chi connectivity index (χ0v) is 12.1. The average molecular weight is 300 g/mol. The Morgan fingerprint density at radius 1 is 1.38 bits per heavy atom. The highest BCUT2D eigenvalue weighted by Crippen LogP contribution is 2.10. The fraction of sp³-hybridized carbons (Fsp3) is 0.143. The molecule has 0 spiro atoms. The van der Waals surface area contributed by atoms with E-state index in [2.05, 4.69) is 15.0 Å². The summed E-state index contributed by atoms with van der Waals surface area (Å²) in [6.45, 7) is 0.382. The summed E-state index contributed by atoms with van der Waals surface area (Å²) < 4.78 is 0. The molecular formula is C14H12N4O2S. The number of thiazole rings is 1. The van der Waals surface area contributed by atoms with Crippen molar-refractivity contribution < 1.29 is 4.79 Å². The molecule has 1 aromatic carbocycles. The van der Waals surface area contributed by atoms with Crippen molar-refractivity contribution >= 4 is 28.1 Å². The minimum atomic E-state index is -0.340. The first-order valence-corrected chi connectivity index (χ1v) is 7.16. The summed E-state index contributed by atoms with van der Waals surface area (Å²) in [6, 6.07) is 6.93. The number of hydrogen-bond acceptors (Lipinski definition) is 5. The highest BCUT2D eigenvalue weighted by atomic mass is 32.1. The van der Waals surface area contributed by atoms with Crippen molar-refractivity contribution in [3.63, 3.8) is 0 Å². The number of nitrogens with one attached hydrogen (secondary N) is 1. The van der Waals surface area contributed by atoms with E-state index in [1.54, 1.807) is 37.5 Å². The van der Waals surface area contributed by atoms with Gasteiger partial charge in [-0.1, -0.05) is 12.1 Å². The summed E-state index contributed by atoms with van der Waals surface area (Å²) in [4.78, 5) is 36.7. The van der Waals surface area contributed by atoms with Crippen molar-refractivity contribution in [3.8, 4) is 0 Å². The predicted octanol–water partition coefficient (Wildman–Crippen LogP) is 1.65. The number of amides is 1. The van der Waals surface area contributed by atoms with Gasteiger partial charge in [-0.2, -0.15) is 0 Å². The van der Waals surface area contributed by atoms with Crippen LogP contribution in [0.3, 0.4) is 0 Å². The normalized spacial score (nSPS) is 10.7. The lowest BCUT2D eigenvalue weighted by Crippen LogP contribution is -2.29. The molecule has 7 heteroatoms. The number of aromatic nitrogens is 3. The number of hydrogen-bond donors (Lipinski definition) is 1. The van der Waals surface area contributed by atoms with Crippen LogP contribution in [0.15, 0.2) is 40.6 Å². The Morgan fingerprint density at radius 2 is 2.19 bits per heavy atom. The monoisotopic (exact) mass is 300 g/mol. The van der Waals surface area contributed by atoms with Crippen molar-refractivity contribution in [2.45, 2.75) is 6.54 Å². The lowest BCUT2D eigenvalue weighted by Gasteiger charge is -2.14. The molecule has 0 aliphatic carbocycles. The molecule has 0 atom stereocenters. The second kappa shape index (κ2) is 5.45. The number of rotatable bonds is 3. The lowest BCUT2D eigenvalue weighted by molar-refractivity contribution is 0.0773. The van der Waals surface area contributed by atoms with Crippen LogP contribution in [0.5, 0.6) is 0 Å². The number of H-pyrrole nitrogens is 1. The van der Waals surface area contributed by atoms with Crippen molar-refractivity contribution in [2.75, 3.05) is 7.05 Å². The van der Waals surface area contributed by atoms with Crippen LogP contribution in [0.4, 0.5) is 0 Å². The molecule has 0 saturated carbocycles. The van der Waals surface area contributed by atoms with Crippen molar-refractivity contribution in [1.29, 1.82) is 0 Å². The molecule has 0 radical (unpaired) electrons. The predicted molar refractivity (Wildman–Crippen MR) is 80.3 cm³/mol. The van der Waals surface area contributed by atoms with Gasteiger partial charge in [0, 0.05) is 18.6 Å². The number of carbonyl (C=O) groups is 1. The maximum atomic E-state index is 12.3. The van der Waals surface area contributed by atoms with E-state index in [0.717, 1.165) is 5.01 Å². The maximum absolute atomic E-state index is 12.3. The van der Waals surface area contributed by atoms with Crippen LogP contribution in [0.25, 0.3) is 10.9 Å². The van der Waals surface area contributed by atoms with E-state index in [-0.39, 0.29) is 17.3 Å². The molecule has 1 amide bonds. The van der Waals surface area contributed by atoms with Gasteiger partial charge in [0.25, 0.3) is 11.5 Å². The van der Waals surface area contributed by atoms with E-state index in [4.69, 9.17) is 0 Å². The second-order valence-electron chi connectivity index (χ2n) is 4.52. The average Bonchev–Trinajstić information content (AvgIpc) is 2.99. The molecule has 0 unspecified atom stereocenters. The fourth-order valence-electron chi connectivity index (χ4n) is 1.97. The third-order valence-electron chi connectivity index (χ3n) is 3.02. The smallest absolute Gasteiger partial charge is 0.289 e. The molecule has 0 aliphatic rings. The van der Waals surface area contributed by atoms with E-state index in [1.807, 2.05) is 5.38 Å². The Labute approximate surface area is 124 Å². The van der Waals surface area contributed by atoms with Gasteiger partial charge in [0.15, 0.2) is 5.82 Å². The zero-order chi connectivity index (χ0) is 14.8. The number of carbonyl (C=O) groups excluding carboxylic acids is 1. The first-order chi connectivity index (χ1) is 10.1. The Kier molecular flexibility index (Phi) is 3.49. The SMILES string of the molecule is CN(Cc1nccs1)C(=O)c1nc2ccccc2c(=O)[nH]1. The van der Waals surface area contributed by atoms with Gasteiger partial charge in [0.1, 0.15) is 5.01 Å². The summed E-state index contributed by atoms with van der Waals surface area (Å²) in [6.07, 6.45) is 1.69. The van der Waals surface area contributed by atoms with Crippen molar-refractivity contribution in [3.05, 3.63) is 57.0 Å². The maximum Gasteiger partial charge on any atom is 0.289 e. The van der Waals surface area contributed by atoms with Crippen LogP contribution >= 0.6 is 11.3 Å². The zero-order valence-electron chi connectivity index (χ0n) is 11.2. The first kappa shape index (κ1) is 13.4. The topological polar surface area (TPSA) is 79.0 Å². The fourth-order valence-corrected chi connectivity index (χ4v) is 2.64. The number of aromatic amines is 1.